The standard InChI is InChI=1S/C84H48N4O3/c1-7-19-71-57(13-1)58-14-2-8-20-72(58)85(71)53-29-37-81-67(45-53)65-43-51(27-35-79(65)89-81)52-28-36-80-66(44-52)68-46-55(31-38-82(68)90-80)87-75-23-11-5-17-61(75)63-41-49(25-33-77(63)87)50-26-34-78-64(42-50)62-18-6-12-24-76(62)88(78)56-32-40-84-70(48-56)69-47-54(30-39-83(69)91-84)86-73-21-9-3-15-59(73)60-16-4-10-22-74(60)86/h1-48H. The summed E-state index contributed by atoms with van der Waals surface area (Å²) in [5.74, 6) is 0. The van der Waals surface area contributed by atoms with Crippen LogP contribution >= 0.6 is 0 Å². The molecule has 0 aliphatic heterocycles. The zero-order valence-corrected chi connectivity index (χ0v) is 48.7. The molecule has 0 atom stereocenters. The number of para-hydroxylation sites is 6. The van der Waals surface area contributed by atoms with Crippen molar-refractivity contribution in [1.29, 1.82) is 0 Å². The average Bonchev–Trinajstić information content (AvgIpc) is 1.62. The van der Waals surface area contributed by atoms with Gasteiger partial charge in [-0.25, -0.2) is 0 Å². The van der Waals surface area contributed by atoms with Crippen molar-refractivity contribution in [1.82, 2.24) is 18.3 Å². The minimum Gasteiger partial charge on any atom is -0.456 e. The van der Waals surface area contributed by atoms with Gasteiger partial charge >= 0.3 is 0 Å². The van der Waals surface area contributed by atoms with Crippen molar-refractivity contribution in [2.45, 2.75) is 0 Å². The molecule has 0 saturated carbocycles. The molecule has 7 aromatic heterocycles. The molecule has 7 nitrogen and oxygen atoms in total. The number of aromatic nitrogens is 4. The molecule has 0 aliphatic rings. The zero-order valence-electron chi connectivity index (χ0n) is 48.7. The molecule has 0 saturated heterocycles. The number of hydrogen-bond donors (Lipinski definition) is 0. The maximum Gasteiger partial charge on any atom is 0.135 e. The van der Waals surface area contributed by atoms with Crippen LogP contribution in [-0.2, 0) is 0 Å². The molecule has 0 aliphatic carbocycles. The van der Waals surface area contributed by atoms with E-state index in [2.05, 4.69) is 309 Å². The summed E-state index contributed by atoms with van der Waals surface area (Å²) >= 11 is 0. The quantitative estimate of drug-likeness (QED) is 0.167. The third kappa shape index (κ3) is 6.91. The highest BCUT2D eigenvalue weighted by Gasteiger charge is 2.22. The van der Waals surface area contributed by atoms with Crippen LogP contribution in [0.3, 0.4) is 0 Å². The molecular formula is C84H48N4O3. The first kappa shape index (κ1) is 48.8. The van der Waals surface area contributed by atoms with E-state index in [1.807, 2.05) is 0 Å². The van der Waals surface area contributed by atoms with Gasteiger partial charge in [-0.3, -0.25) is 0 Å². The predicted octanol–water partition coefficient (Wildman–Crippen LogP) is 23.1. The molecule has 0 unspecified atom stereocenters. The van der Waals surface area contributed by atoms with Crippen molar-refractivity contribution in [3.8, 4) is 45.0 Å². The molecule has 0 bridgehead atoms. The number of furan rings is 3. The Bertz CT molecular complexity index is 6620. The number of rotatable bonds is 6. The number of benzene rings is 14. The average molecular weight is 1160 g/mol. The summed E-state index contributed by atoms with van der Waals surface area (Å²) in [5, 5.41) is 16.2. The van der Waals surface area contributed by atoms with Crippen LogP contribution < -0.4 is 0 Å². The van der Waals surface area contributed by atoms with Crippen molar-refractivity contribution in [2.24, 2.45) is 0 Å². The fourth-order valence-electron chi connectivity index (χ4n) is 15.5. The summed E-state index contributed by atoms with van der Waals surface area (Å²) in [6.45, 7) is 0. The van der Waals surface area contributed by atoms with Crippen LogP contribution in [-0.4, -0.2) is 18.3 Å². The second kappa shape index (κ2) is 18.1. The molecule has 7 heterocycles. The summed E-state index contributed by atoms with van der Waals surface area (Å²) < 4.78 is 29.2. The molecular weight excluding hydrogens is 1110 g/mol. The first-order valence-electron chi connectivity index (χ1n) is 31.0. The van der Waals surface area contributed by atoms with Gasteiger partial charge in [-0.1, -0.05) is 133 Å². The van der Waals surface area contributed by atoms with Crippen LogP contribution in [0.4, 0.5) is 0 Å². The number of nitrogens with zero attached hydrogens (tertiary/aromatic N) is 4. The molecule has 21 aromatic rings. The Balaban J connectivity index is 0.646. The molecule has 14 aromatic carbocycles. The lowest BCUT2D eigenvalue weighted by Crippen LogP contribution is -1.94. The van der Waals surface area contributed by atoms with Gasteiger partial charge in [0.05, 0.1) is 44.1 Å². The lowest BCUT2D eigenvalue weighted by atomic mass is 10.0. The Morgan fingerprint density at radius 1 is 0.154 bits per heavy atom. The van der Waals surface area contributed by atoms with E-state index in [9.17, 15) is 0 Å². The molecule has 91 heavy (non-hydrogen) atoms. The van der Waals surface area contributed by atoms with Crippen molar-refractivity contribution in [3.63, 3.8) is 0 Å². The van der Waals surface area contributed by atoms with Gasteiger partial charge in [0.1, 0.15) is 33.5 Å². The van der Waals surface area contributed by atoms with Crippen LogP contribution in [0.2, 0.25) is 0 Å². The maximum absolute atomic E-state index is 6.60. The second-order valence-electron chi connectivity index (χ2n) is 24.4. The Hall–Kier alpha value is -12.3. The highest BCUT2D eigenvalue weighted by molar-refractivity contribution is 6.17. The number of hydrogen-bond acceptors (Lipinski definition) is 3. The molecule has 0 fully saturated rings. The summed E-state index contributed by atoms with van der Waals surface area (Å²) in [5.41, 5.74) is 23.4. The minimum absolute atomic E-state index is 0.852. The zero-order chi connectivity index (χ0) is 59.2. The van der Waals surface area contributed by atoms with E-state index >= 15 is 0 Å². The molecule has 0 N–H and O–H groups in total. The lowest BCUT2D eigenvalue weighted by Gasteiger charge is -2.10. The largest absolute Gasteiger partial charge is 0.456 e. The summed E-state index contributed by atoms with van der Waals surface area (Å²) in [4.78, 5) is 0. The van der Waals surface area contributed by atoms with Crippen LogP contribution in [0.1, 0.15) is 0 Å². The normalized spacial score (nSPS) is 12.4. The Labute approximate surface area is 517 Å². The van der Waals surface area contributed by atoms with Gasteiger partial charge in [0.15, 0.2) is 0 Å². The van der Waals surface area contributed by atoms with Crippen molar-refractivity contribution >= 4 is 153 Å². The van der Waals surface area contributed by atoms with Gasteiger partial charge in [-0.05, 0) is 180 Å². The van der Waals surface area contributed by atoms with E-state index in [1.54, 1.807) is 0 Å². The molecule has 0 spiro atoms. The fraction of sp³-hybridized carbons (Fsp3) is 0. The third-order valence-corrected chi connectivity index (χ3v) is 19.5. The highest BCUT2D eigenvalue weighted by Crippen LogP contribution is 2.44. The second-order valence-corrected chi connectivity index (χ2v) is 24.4. The van der Waals surface area contributed by atoms with E-state index in [0.29, 0.717) is 0 Å². The van der Waals surface area contributed by atoms with Gasteiger partial charge in [0.25, 0.3) is 0 Å². The SMILES string of the molecule is c1ccc2c(c1)c1ccccc1n2-c1ccc2oc3ccc(-c4ccc5oc6ccc(-n7c8ccccc8c8cc(-c9ccc%10c(c9)c9ccccc9n%10-c9ccc%10oc%11ccc(-n%12c%13ccccc%13c%13ccccc%13%12)cc%11c%10c9)ccc87)cc6c5c4)cc3c2c1. The summed E-state index contributed by atoms with van der Waals surface area (Å²) in [6, 6.07) is 106. The molecule has 0 amide bonds. The van der Waals surface area contributed by atoms with Gasteiger partial charge in [0, 0.05) is 98.2 Å². The molecule has 0 radical (unpaired) electrons. The Morgan fingerprint density at radius 2 is 0.352 bits per heavy atom. The fourth-order valence-corrected chi connectivity index (χ4v) is 15.5. The van der Waals surface area contributed by atoms with Crippen molar-refractivity contribution in [2.75, 3.05) is 0 Å². The third-order valence-electron chi connectivity index (χ3n) is 19.5. The van der Waals surface area contributed by atoms with Gasteiger partial charge in [-0.2, -0.15) is 0 Å². The first-order chi connectivity index (χ1) is 45.1. The minimum atomic E-state index is 0.852. The summed E-state index contributed by atoms with van der Waals surface area (Å²) in [6.07, 6.45) is 0. The van der Waals surface area contributed by atoms with Crippen molar-refractivity contribution in [3.05, 3.63) is 291 Å². The maximum atomic E-state index is 6.60. The van der Waals surface area contributed by atoms with Crippen molar-refractivity contribution < 1.29 is 13.3 Å². The summed E-state index contributed by atoms with van der Waals surface area (Å²) in [7, 11) is 0. The van der Waals surface area contributed by atoms with Gasteiger partial charge in [-0.15, -0.1) is 0 Å². The van der Waals surface area contributed by atoms with E-state index in [4.69, 9.17) is 13.3 Å². The van der Waals surface area contributed by atoms with Crippen LogP contribution in [0.25, 0.3) is 198 Å². The van der Waals surface area contributed by atoms with Crippen LogP contribution in [0, 0.1) is 0 Å². The lowest BCUT2D eigenvalue weighted by molar-refractivity contribution is 0.668. The van der Waals surface area contributed by atoms with Crippen LogP contribution in [0.15, 0.2) is 304 Å². The van der Waals surface area contributed by atoms with E-state index < -0.39 is 0 Å². The molecule has 21 rings (SSSR count). The highest BCUT2D eigenvalue weighted by atomic mass is 16.3. The molecule has 7 heteroatoms. The van der Waals surface area contributed by atoms with E-state index in [1.165, 1.54) is 65.2 Å². The Kier molecular flexibility index (Phi) is 9.72. The van der Waals surface area contributed by atoms with Gasteiger partial charge < -0.3 is 31.5 Å². The Morgan fingerprint density at radius 3 is 0.626 bits per heavy atom. The molecule has 422 valence electrons. The van der Waals surface area contributed by atoms with E-state index in [-0.39, 0.29) is 0 Å². The van der Waals surface area contributed by atoms with Gasteiger partial charge in [0.2, 0.25) is 0 Å². The monoisotopic (exact) mass is 1160 g/mol. The predicted molar refractivity (Wildman–Crippen MR) is 377 cm³/mol. The van der Waals surface area contributed by atoms with E-state index in [0.717, 1.165) is 133 Å². The van der Waals surface area contributed by atoms with Crippen LogP contribution in [0.5, 0.6) is 0 Å². The number of fused-ring (bicyclic) bond motifs is 21. The topological polar surface area (TPSA) is 59.1 Å². The smallest absolute Gasteiger partial charge is 0.135 e. The first-order valence-corrected chi connectivity index (χ1v) is 31.0.